The molecule has 1 saturated heterocycles. The topological polar surface area (TPSA) is 71.4 Å². The molecule has 6 nitrogen and oxygen atoms in total. The molecule has 4 rings (SSSR count). The van der Waals surface area contributed by atoms with Gasteiger partial charge in [0.05, 0.1) is 0 Å². The quantitative estimate of drug-likeness (QED) is 0.708. The van der Waals surface area contributed by atoms with Gasteiger partial charge in [0, 0.05) is 49.5 Å². The summed E-state index contributed by atoms with van der Waals surface area (Å²) in [6, 6.07) is 16.3. The number of hydrogen-bond acceptors (Lipinski definition) is 6. The number of aromatic nitrogens is 2. The van der Waals surface area contributed by atoms with Gasteiger partial charge in [-0.05, 0) is 36.4 Å². The first-order valence-corrected chi connectivity index (χ1v) is 9.47. The number of likely N-dealkylation sites (N-methyl/N-ethyl adjacent to an activating group) is 1. The average Bonchev–Trinajstić information content (AvgIpc) is 3.24. The van der Waals surface area contributed by atoms with Crippen molar-refractivity contribution in [2.75, 3.05) is 37.6 Å². The Morgan fingerprint density at radius 2 is 1.57 bits per heavy atom. The van der Waals surface area contributed by atoms with Crippen molar-refractivity contribution in [3.63, 3.8) is 0 Å². The molecule has 0 atom stereocenters. The number of anilines is 1. The average molecular weight is 400 g/mol. The molecule has 1 aromatic heterocycles. The van der Waals surface area contributed by atoms with E-state index < -0.39 is 0 Å². The minimum atomic E-state index is 0. The highest BCUT2D eigenvalue weighted by molar-refractivity contribution is 5.85. The largest absolute Gasteiger partial charge is 0.369 e. The van der Waals surface area contributed by atoms with Crippen molar-refractivity contribution in [1.82, 2.24) is 15.0 Å². The first-order chi connectivity index (χ1) is 13.3. The Bertz CT molecular complexity index is 871. The molecule has 148 valence electrons. The van der Waals surface area contributed by atoms with Crippen LogP contribution in [0.2, 0.25) is 0 Å². The molecule has 0 aliphatic carbocycles. The summed E-state index contributed by atoms with van der Waals surface area (Å²) >= 11 is 0. The number of rotatable bonds is 5. The molecule has 0 unspecified atom stereocenters. The fourth-order valence-electron chi connectivity index (χ4n) is 3.39. The van der Waals surface area contributed by atoms with Crippen LogP contribution in [0.5, 0.6) is 0 Å². The number of nitrogens with two attached hydrogens (primary N) is 1. The molecule has 1 aliphatic rings. The standard InChI is InChI=1S/C21H25N5O.ClH/c1-2-25-11-13-26(14-12-25)19-9-7-18(8-10-19)21-23-20(24-27-21)17-5-3-16(15-22)4-6-17;/h3-10H,2,11-15,22H2,1H3;1H. The van der Waals surface area contributed by atoms with Crippen molar-refractivity contribution in [3.05, 3.63) is 54.1 Å². The van der Waals surface area contributed by atoms with Gasteiger partial charge >= 0.3 is 0 Å². The van der Waals surface area contributed by atoms with Crippen molar-refractivity contribution in [2.45, 2.75) is 13.5 Å². The molecule has 0 radical (unpaired) electrons. The Balaban J connectivity index is 0.00000225. The fraction of sp³-hybridized carbons (Fsp3) is 0.333. The lowest BCUT2D eigenvalue weighted by Crippen LogP contribution is -2.46. The number of piperazine rings is 1. The van der Waals surface area contributed by atoms with Gasteiger partial charge in [0.1, 0.15) is 0 Å². The number of nitrogens with zero attached hydrogens (tertiary/aromatic N) is 4. The van der Waals surface area contributed by atoms with Gasteiger partial charge in [-0.25, -0.2) is 0 Å². The maximum atomic E-state index is 5.64. The van der Waals surface area contributed by atoms with Gasteiger partial charge in [0.15, 0.2) is 0 Å². The van der Waals surface area contributed by atoms with Crippen molar-refractivity contribution < 1.29 is 4.52 Å². The van der Waals surface area contributed by atoms with Gasteiger partial charge < -0.3 is 20.1 Å². The van der Waals surface area contributed by atoms with E-state index in [1.165, 1.54) is 5.69 Å². The molecule has 28 heavy (non-hydrogen) atoms. The van der Waals surface area contributed by atoms with Crippen LogP contribution in [-0.2, 0) is 6.54 Å². The van der Waals surface area contributed by atoms with Crippen molar-refractivity contribution in [3.8, 4) is 22.8 Å². The van der Waals surface area contributed by atoms with Gasteiger partial charge in [-0.2, -0.15) is 4.98 Å². The molecule has 0 saturated carbocycles. The van der Waals surface area contributed by atoms with Gasteiger partial charge in [0.2, 0.25) is 5.82 Å². The molecule has 2 aromatic carbocycles. The van der Waals surface area contributed by atoms with Gasteiger partial charge in [-0.1, -0.05) is 36.3 Å². The van der Waals surface area contributed by atoms with Crippen LogP contribution in [0.4, 0.5) is 5.69 Å². The van der Waals surface area contributed by atoms with E-state index in [2.05, 4.69) is 51.1 Å². The third-order valence-electron chi connectivity index (χ3n) is 5.17. The van der Waals surface area contributed by atoms with E-state index >= 15 is 0 Å². The summed E-state index contributed by atoms with van der Waals surface area (Å²) in [7, 11) is 0. The van der Waals surface area contributed by atoms with Crippen LogP contribution in [-0.4, -0.2) is 47.8 Å². The second-order valence-electron chi connectivity index (χ2n) is 6.79. The number of halogens is 1. The maximum absolute atomic E-state index is 5.64. The van der Waals surface area contributed by atoms with Gasteiger partial charge in [0.25, 0.3) is 5.89 Å². The molecule has 0 bridgehead atoms. The second-order valence-corrected chi connectivity index (χ2v) is 6.79. The summed E-state index contributed by atoms with van der Waals surface area (Å²) in [6.45, 7) is 8.24. The lowest BCUT2D eigenvalue weighted by atomic mass is 10.1. The molecule has 7 heteroatoms. The Morgan fingerprint density at radius 3 is 2.18 bits per heavy atom. The lowest BCUT2D eigenvalue weighted by molar-refractivity contribution is 0.271. The molecule has 2 heterocycles. The predicted molar refractivity (Wildman–Crippen MR) is 115 cm³/mol. The second kappa shape index (κ2) is 9.19. The highest BCUT2D eigenvalue weighted by atomic mass is 35.5. The van der Waals surface area contributed by atoms with Crippen molar-refractivity contribution >= 4 is 18.1 Å². The van der Waals surface area contributed by atoms with Gasteiger partial charge in [-0.3, -0.25) is 0 Å². The van der Waals surface area contributed by atoms with E-state index in [-0.39, 0.29) is 12.4 Å². The number of benzene rings is 2. The van der Waals surface area contributed by atoms with Crippen LogP contribution in [0, 0.1) is 0 Å². The van der Waals surface area contributed by atoms with Crippen molar-refractivity contribution in [1.29, 1.82) is 0 Å². The Kier molecular flexibility index (Phi) is 6.67. The maximum Gasteiger partial charge on any atom is 0.258 e. The highest BCUT2D eigenvalue weighted by Gasteiger charge is 2.16. The monoisotopic (exact) mass is 399 g/mol. The summed E-state index contributed by atoms with van der Waals surface area (Å²) in [5.41, 5.74) is 9.82. The van der Waals surface area contributed by atoms with E-state index in [1.807, 2.05) is 24.3 Å². The summed E-state index contributed by atoms with van der Waals surface area (Å²) in [6.07, 6.45) is 0. The van der Waals surface area contributed by atoms with E-state index in [4.69, 9.17) is 10.3 Å². The van der Waals surface area contributed by atoms with Gasteiger partial charge in [-0.15, -0.1) is 12.4 Å². The Hall–Kier alpha value is -2.41. The molecule has 1 aliphatic heterocycles. The third kappa shape index (κ3) is 4.35. The third-order valence-corrected chi connectivity index (χ3v) is 5.17. The summed E-state index contributed by atoms with van der Waals surface area (Å²) in [5.74, 6) is 1.13. The zero-order valence-electron chi connectivity index (χ0n) is 16.0. The molecule has 0 amide bonds. The fourth-order valence-corrected chi connectivity index (χ4v) is 3.39. The molecule has 3 aromatic rings. The van der Waals surface area contributed by atoms with E-state index in [0.717, 1.165) is 49.4 Å². The normalized spacial score (nSPS) is 14.7. The first kappa shape index (κ1) is 20.3. The van der Waals surface area contributed by atoms with Crippen molar-refractivity contribution in [2.24, 2.45) is 5.73 Å². The first-order valence-electron chi connectivity index (χ1n) is 9.47. The SMILES string of the molecule is CCN1CCN(c2ccc(-c3nc(-c4ccc(CN)cc4)no3)cc2)CC1.Cl. The van der Waals surface area contributed by atoms with E-state index in [9.17, 15) is 0 Å². The van der Waals surface area contributed by atoms with E-state index in [1.54, 1.807) is 0 Å². The predicted octanol–water partition coefficient (Wildman–Crippen LogP) is 3.43. The number of hydrogen-bond donors (Lipinski definition) is 1. The van der Waals surface area contributed by atoms with Crippen LogP contribution in [0.25, 0.3) is 22.8 Å². The molecular weight excluding hydrogens is 374 g/mol. The Labute approximate surface area is 171 Å². The summed E-state index contributed by atoms with van der Waals surface area (Å²) in [4.78, 5) is 9.44. The molecular formula is C21H26ClN5O. The lowest BCUT2D eigenvalue weighted by Gasteiger charge is -2.35. The van der Waals surface area contributed by atoms with E-state index in [0.29, 0.717) is 18.3 Å². The zero-order chi connectivity index (χ0) is 18.6. The minimum absolute atomic E-state index is 0. The molecule has 1 fully saturated rings. The molecule has 2 N–H and O–H groups in total. The Morgan fingerprint density at radius 1 is 0.929 bits per heavy atom. The highest BCUT2D eigenvalue weighted by Crippen LogP contribution is 2.25. The zero-order valence-corrected chi connectivity index (χ0v) is 16.9. The van der Waals surface area contributed by atoms with Crippen LogP contribution < -0.4 is 10.6 Å². The van der Waals surface area contributed by atoms with Crippen LogP contribution in [0.3, 0.4) is 0 Å². The smallest absolute Gasteiger partial charge is 0.258 e. The molecule has 0 spiro atoms. The minimum Gasteiger partial charge on any atom is -0.369 e. The van der Waals surface area contributed by atoms with Crippen LogP contribution >= 0.6 is 12.4 Å². The van der Waals surface area contributed by atoms with Crippen LogP contribution in [0.15, 0.2) is 53.1 Å². The van der Waals surface area contributed by atoms with Crippen LogP contribution in [0.1, 0.15) is 12.5 Å². The summed E-state index contributed by atoms with van der Waals surface area (Å²) < 4.78 is 5.47. The summed E-state index contributed by atoms with van der Waals surface area (Å²) in [5, 5.41) is 4.12.